The average Bonchev–Trinajstić information content (AvgIpc) is 3.17. The van der Waals surface area contributed by atoms with Crippen molar-refractivity contribution in [2.24, 2.45) is 0 Å². The Morgan fingerprint density at radius 2 is 1.85 bits per heavy atom. The Kier molecular flexibility index (Phi) is 7.27. The van der Waals surface area contributed by atoms with Crippen LogP contribution in [-0.2, 0) is 19.1 Å². The summed E-state index contributed by atoms with van der Waals surface area (Å²) in [6, 6.07) is 2.88. The molecule has 0 saturated carbocycles. The van der Waals surface area contributed by atoms with Crippen molar-refractivity contribution in [3.8, 4) is 0 Å². The average molecular weight is 377 g/mol. The van der Waals surface area contributed by atoms with Gasteiger partial charge in [0.15, 0.2) is 0 Å². The Morgan fingerprint density at radius 1 is 1.11 bits per heavy atom. The number of amides is 2. The molecule has 1 aromatic rings. The van der Waals surface area contributed by atoms with Gasteiger partial charge in [0.25, 0.3) is 5.91 Å². The first kappa shape index (κ1) is 20.3. The van der Waals surface area contributed by atoms with Gasteiger partial charge in [-0.25, -0.2) is 9.80 Å². The molecule has 0 bridgehead atoms. The van der Waals surface area contributed by atoms with E-state index in [9.17, 15) is 19.2 Å². The number of ether oxygens (including phenoxy) is 2. The van der Waals surface area contributed by atoms with Crippen molar-refractivity contribution >= 4 is 23.8 Å². The lowest BCUT2D eigenvalue weighted by Gasteiger charge is -2.27. The molecule has 9 heteroatoms. The minimum absolute atomic E-state index is 0.133. The summed E-state index contributed by atoms with van der Waals surface area (Å²) >= 11 is 0. The van der Waals surface area contributed by atoms with Crippen LogP contribution in [0.2, 0.25) is 0 Å². The number of aromatic nitrogens is 1. The lowest BCUT2D eigenvalue weighted by atomic mass is 10.2. The molecule has 1 aliphatic heterocycles. The number of carbonyl (C=O) groups is 4. The van der Waals surface area contributed by atoms with E-state index in [1.807, 2.05) is 0 Å². The predicted molar refractivity (Wildman–Crippen MR) is 93.4 cm³/mol. The molecule has 1 aliphatic rings. The smallest absolute Gasteiger partial charge is 0.339 e. The predicted octanol–water partition coefficient (Wildman–Crippen LogP) is 1.19. The number of rotatable bonds is 7. The van der Waals surface area contributed by atoms with Gasteiger partial charge in [0, 0.05) is 32.1 Å². The lowest BCUT2D eigenvalue weighted by Crippen LogP contribution is -2.45. The number of carbonyl (C=O) groups excluding carboxylic acids is 4. The molecular formula is C18H23N3O6. The first-order valence-corrected chi connectivity index (χ1v) is 8.80. The summed E-state index contributed by atoms with van der Waals surface area (Å²) in [6.07, 6.45) is 2.60. The molecule has 1 aromatic heterocycles. The Labute approximate surface area is 157 Å². The number of hydrogen-bond donors (Lipinski definition) is 0. The summed E-state index contributed by atoms with van der Waals surface area (Å²) in [5.74, 6) is -1.52. The van der Waals surface area contributed by atoms with Crippen LogP contribution in [0.25, 0.3) is 0 Å². The second-order valence-electron chi connectivity index (χ2n) is 5.88. The third-order valence-corrected chi connectivity index (χ3v) is 4.03. The highest BCUT2D eigenvalue weighted by Gasteiger charge is 2.31. The van der Waals surface area contributed by atoms with E-state index in [0.717, 1.165) is 0 Å². The number of esters is 2. The maximum atomic E-state index is 12.7. The largest absolute Gasteiger partial charge is 0.466 e. The highest BCUT2D eigenvalue weighted by atomic mass is 16.5. The zero-order valence-electron chi connectivity index (χ0n) is 15.5. The molecule has 0 aromatic carbocycles. The fourth-order valence-electron chi connectivity index (χ4n) is 2.72. The zero-order valence-corrected chi connectivity index (χ0v) is 15.5. The van der Waals surface area contributed by atoms with E-state index >= 15 is 0 Å². The van der Waals surface area contributed by atoms with Gasteiger partial charge >= 0.3 is 11.9 Å². The van der Waals surface area contributed by atoms with Crippen LogP contribution in [0.5, 0.6) is 0 Å². The Balaban J connectivity index is 1.96. The molecule has 1 fully saturated rings. The van der Waals surface area contributed by atoms with Crippen molar-refractivity contribution in [3.05, 3.63) is 29.6 Å². The van der Waals surface area contributed by atoms with E-state index in [0.29, 0.717) is 32.5 Å². The summed E-state index contributed by atoms with van der Waals surface area (Å²) in [4.78, 5) is 51.9. The molecule has 9 nitrogen and oxygen atoms in total. The van der Waals surface area contributed by atoms with Crippen LogP contribution < -0.4 is 0 Å². The quantitative estimate of drug-likeness (QED) is 0.657. The third-order valence-electron chi connectivity index (χ3n) is 4.03. The summed E-state index contributed by atoms with van der Waals surface area (Å²) in [7, 11) is 1.26. The SMILES string of the molecule is CCOC(=O)CCCC(=O)N1CCCN1C(=O)c1ccc(C(=O)OC)cn1. The Bertz CT molecular complexity index is 704. The molecule has 0 aliphatic carbocycles. The van der Waals surface area contributed by atoms with Gasteiger partial charge < -0.3 is 9.47 Å². The molecule has 0 spiro atoms. The van der Waals surface area contributed by atoms with Gasteiger partial charge in [-0.15, -0.1) is 0 Å². The van der Waals surface area contributed by atoms with Crippen molar-refractivity contribution in [1.82, 2.24) is 15.0 Å². The second-order valence-corrected chi connectivity index (χ2v) is 5.88. The first-order chi connectivity index (χ1) is 13.0. The number of pyridine rings is 1. The molecule has 0 atom stereocenters. The molecule has 0 unspecified atom stereocenters. The number of methoxy groups -OCH3 is 1. The van der Waals surface area contributed by atoms with E-state index < -0.39 is 11.9 Å². The standard InChI is InChI=1S/C18H23N3O6/c1-3-27-16(23)7-4-6-15(22)20-10-5-11-21(20)17(24)14-9-8-13(12-19-14)18(25)26-2/h8-9,12H,3-7,10-11H2,1-2H3. The van der Waals surface area contributed by atoms with Gasteiger partial charge in [-0.3, -0.25) is 24.4 Å². The monoisotopic (exact) mass is 377 g/mol. The Hall–Kier alpha value is -2.97. The van der Waals surface area contributed by atoms with Crippen LogP contribution in [0.4, 0.5) is 0 Å². The highest BCUT2D eigenvalue weighted by Crippen LogP contribution is 2.17. The normalized spacial score (nSPS) is 13.4. The van der Waals surface area contributed by atoms with Crippen molar-refractivity contribution in [3.63, 3.8) is 0 Å². The molecule has 0 N–H and O–H groups in total. The topological polar surface area (TPSA) is 106 Å². The molecule has 146 valence electrons. The zero-order chi connectivity index (χ0) is 19.8. The van der Waals surface area contributed by atoms with E-state index in [2.05, 4.69) is 9.72 Å². The minimum atomic E-state index is -0.541. The van der Waals surface area contributed by atoms with Crippen LogP contribution in [0, 0.1) is 0 Å². The summed E-state index contributed by atoms with van der Waals surface area (Å²) in [5.41, 5.74) is 0.372. The number of hydrogen-bond acceptors (Lipinski definition) is 7. The molecular weight excluding hydrogens is 354 g/mol. The second kappa shape index (κ2) is 9.65. The van der Waals surface area contributed by atoms with Crippen molar-refractivity contribution in [1.29, 1.82) is 0 Å². The van der Waals surface area contributed by atoms with E-state index in [-0.39, 0.29) is 36.0 Å². The van der Waals surface area contributed by atoms with Crippen LogP contribution in [0.3, 0.4) is 0 Å². The fraction of sp³-hybridized carbons (Fsp3) is 0.500. The maximum Gasteiger partial charge on any atom is 0.339 e. The fourth-order valence-corrected chi connectivity index (χ4v) is 2.72. The summed E-state index contributed by atoms with van der Waals surface area (Å²) < 4.78 is 9.43. The van der Waals surface area contributed by atoms with Gasteiger partial charge in [0.1, 0.15) is 5.69 Å². The Morgan fingerprint density at radius 3 is 2.48 bits per heavy atom. The molecule has 27 heavy (non-hydrogen) atoms. The lowest BCUT2D eigenvalue weighted by molar-refractivity contribution is -0.144. The molecule has 2 rings (SSSR count). The molecule has 0 radical (unpaired) electrons. The van der Waals surface area contributed by atoms with Crippen LogP contribution in [0.1, 0.15) is 53.5 Å². The van der Waals surface area contributed by atoms with Gasteiger partial charge in [0.2, 0.25) is 5.91 Å². The van der Waals surface area contributed by atoms with Crippen molar-refractivity contribution in [2.75, 3.05) is 26.8 Å². The third kappa shape index (κ3) is 5.25. The number of hydrazine groups is 1. The molecule has 2 heterocycles. The van der Waals surface area contributed by atoms with E-state index in [1.54, 1.807) is 6.92 Å². The van der Waals surface area contributed by atoms with Crippen LogP contribution in [-0.4, -0.2) is 65.6 Å². The van der Waals surface area contributed by atoms with E-state index in [4.69, 9.17) is 4.74 Å². The van der Waals surface area contributed by atoms with Crippen LogP contribution >= 0.6 is 0 Å². The van der Waals surface area contributed by atoms with E-state index in [1.165, 1.54) is 35.5 Å². The van der Waals surface area contributed by atoms with Crippen molar-refractivity contribution < 1.29 is 28.7 Å². The van der Waals surface area contributed by atoms with Gasteiger partial charge in [-0.2, -0.15) is 0 Å². The molecule has 1 saturated heterocycles. The molecule has 2 amide bonds. The van der Waals surface area contributed by atoms with Crippen LogP contribution in [0.15, 0.2) is 18.3 Å². The minimum Gasteiger partial charge on any atom is -0.466 e. The maximum absolute atomic E-state index is 12.7. The van der Waals surface area contributed by atoms with Gasteiger partial charge in [-0.1, -0.05) is 0 Å². The van der Waals surface area contributed by atoms with Crippen molar-refractivity contribution in [2.45, 2.75) is 32.6 Å². The van der Waals surface area contributed by atoms with Gasteiger partial charge in [0.05, 0.1) is 19.3 Å². The first-order valence-electron chi connectivity index (χ1n) is 8.80. The summed E-state index contributed by atoms with van der Waals surface area (Å²) in [6.45, 7) is 2.87. The van der Waals surface area contributed by atoms with Gasteiger partial charge in [-0.05, 0) is 31.9 Å². The highest BCUT2D eigenvalue weighted by molar-refractivity contribution is 5.95. The summed E-state index contributed by atoms with van der Waals surface area (Å²) in [5, 5.41) is 2.75. The number of nitrogens with zero attached hydrogens (tertiary/aromatic N) is 3.